The monoisotopic (exact) mass is 456 g/mol. The van der Waals surface area contributed by atoms with Crippen LogP contribution in [0.3, 0.4) is 0 Å². The molecular weight excluding hydrogens is 436 g/mol. The largest absolute Gasteiger partial charge is 0.511 e. The summed E-state index contributed by atoms with van der Waals surface area (Å²) in [4.78, 5) is 4.05. The quantitative estimate of drug-likeness (QED) is 0.381. The molecule has 2 fully saturated rings. The summed E-state index contributed by atoms with van der Waals surface area (Å²) in [5.41, 5.74) is -5.23. The van der Waals surface area contributed by atoms with Gasteiger partial charge in [-0.3, -0.25) is 4.99 Å². The first-order chi connectivity index (χ1) is 9.74. The van der Waals surface area contributed by atoms with Crippen molar-refractivity contribution in [2.24, 2.45) is 4.99 Å². The van der Waals surface area contributed by atoms with Gasteiger partial charge in [-0.2, -0.15) is 17.5 Å². The van der Waals surface area contributed by atoms with Crippen molar-refractivity contribution >= 4 is 40.0 Å². The van der Waals surface area contributed by atoms with E-state index in [0.717, 1.165) is 12.8 Å². The second kappa shape index (κ2) is 7.51. The maximum absolute atomic E-state index is 12.5. The van der Waals surface area contributed by atoms with Crippen LogP contribution >= 0.6 is 24.0 Å². The SMILES string of the molecule is CN=C(NC1CC1)NC1CCN(S(=O)(=O)C(F)(F)F)CC1.I. The number of hydrogen-bond donors (Lipinski definition) is 2. The number of rotatable bonds is 3. The van der Waals surface area contributed by atoms with Crippen LogP contribution < -0.4 is 10.6 Å². The van der Waals surface area contributed by atoms with Crippen LogP contribution in [-0.4, -0.2) is 56.4 Å². The molecule has 1 aliphatic heterocycles. The number of nitrogens with zero attached hydrogens (tertiary/aromatic N) is 2. The molecule has 2 rings (SSSR count). The summed E-state index contributed by atoms with van der Waals surface area (Å²) in [6, 6.07) is 0.344. The number of halogens is 4. The number of aliphatic imine (C=N–C) groups is 1. The predicted octanol–water partition coefficient (Wildman–Crippen LogP) is 1.25. The zero-order valence-corrected chi connectivity index (χ0v) is 15.2. The minimum atomic E-state index is -5.23. The van der Waals surface area contributed by atoms with E-state index in [1.165, 1.54) is 0 Å². The van der Waals surface area contributed by atoms with Crippen LogP contribution in [0, 0.1) is 0 Å². The van der Waals surface area contributed by atoms with Crippen molar-refractivity contribution in [3.05, 3.63) is 0 Å². The number of alkyl halides is 3. The van der Waals surface area contributed by atoms with Crippen molar-refractivity contribution in [1.82, 2.24) is 14.9 Å². The average Bonchev–Trinajstić information content (AvgIpc) is 3.21. The number of guanidine groups is 1. The van der Waals surface area contributed by atoms with Gasteiger partial charge in [0.1, 0.15) is 0 Å². The third-order valence-corrected chi connectivity index (χ3v) is 5.20. The van der Waals surface area contributed by atoms with E-state index in [1.807, 2.05) is 0 Å². The smallest absolute Gasteiger partial charge is 0.354 e. The fourth-order valence-electron chi connectivity index (χ4n) is 2.17. The van der Waals surface area contributed by atoms with Gasteiger partial charge in [0.05, 0.1) is 0 Å². The summed E-state index contributed by atoms with van der Waals surface area (Å²) >= 11 is 0. The molecule has 0 aromatic rings. The zero-order chi connectivity index (χ0) is 15.7. The molecule has 2 N–H and O–H groups in total. The molecule has 6 nitrogen and oxygen atoms in total. The lowest BCUT2D eigenvalue weighted by Gasteiger charge is -2.32. The molecule has 130 valence electrons. The van der Waals surface area contributed by atoms with Gasteiger partial charge in [0.2, 0.25) is 0 Å². The minimum absolute atomic E-state index is 0. The average molecular weight is 456 g/mol. The molecule has 1 aliphatic carbocycles. The van der Waals surface area contributed by atoms with Crippen molar-refractivity contribution in [1.29, 1.82) is 0 Å². The second-order valence-electron chi connectivity index (χ2n) is 5.26. The molecule has 0 atom stereocenters. The Morgan fingerprint density at radius 3 is 1.91 bits per heavy atom. The van der Waals surface area contributed by atoms with E-state index in [-0.39, 0.29) is 43.1 Å². The van der Waals surface area contributed by atoms with Crippen LogP contribution in [-0.2, 0) is 10.0 Å². The van der Waals surface area contributed by atoms with Crippen LogP contribution in [0.15, 0.2) is 4.99 Å². The second-order valence-corrected chi connectivity index (χ2v) is 7.19. The van der Waals surface area contributed by atoms with Gasteiger partial charge in [0, 0.05) is 32.2 Å². The first-order valence-electron chi connectivity index (χ1n) is 6.80. The van der Waals surface area contributed by atoms with Gasteiger partial charge in [-0.25, -0.2) is 8.42 Å². The zero-order valence-electron chi connectivity index (χ0n) is 12.1. The van der Waals surface area contributed by atoms with E-state index in [0.29, 0.717) is 29.1 Å². The lowest BCUT2D eigenvalue weighted by molar-refractivity contribution is -0.0494. The molecule has 0 amide bonds. The fourth-order valence-corrected chi connectivity index (χ4v) is 3.16. The number of nitrogens with one attached hydrogen (secondary N) is 2. The van der Waals surface area contributed by atoms with Crippen molar-refractivity contribution in [3.63, 3.8) is 0 Å². The summed E-state index contributed by atoms with van der Waals surface area (Å²) in [6.07, 6.45) is 2.81. The number of hydrogen-bond acceptors (Lipinski definition) is 3. The Balaban J connectivity index is 0.00000242. The van der Waals surface area contributed by atoms with Gasteiger partial charge in [-0.1, -0.05) is 0 Å². The first-order valence-corrected chi connectivity index (χ1v) is 8.24. The third kappa shape index (κ3) is 4.85. The Hall–Kier alpha value is -0.300. The molecule has 0 spiro atoms. The molecule has 0 radical (unpaired) electrons. The summed E-state index contributed by atoms with van der Waals surface area (Å²) in [7, 11) is -3.58. The van der Waals surface area contributed by atoms with Gasteiger partial charge in [-0.05, 0) is 25.7 Å². The Morgan fingerprint density at radius 2 is 1.55 bits per heavy atom. The number of sulfonamides is 1. The standard InChI is InChI=1S/C11H19F3N4O2S.HI/c1-15-10(16-8-2-3-8)17-9-4-6-18(7-5-9)21(19,20)11(12,13)14;/h8-9H,2-7H2,1H3,(H2,15,16,17);1H. The van der Waals surface area contributed by atoms with Gasteiger partial charge < -0.3 is 10.6 Å². The molecule has 11 heteroatoms. The van der Waals surface area contributed by atoms with Gasteiger partial charge in [0.15, 0.2) is 5.96 Å². The minimum Gasteiger partial charge on any atom is -0.354 e. The van der Waals surface area contributed by atoms with Crippen LogP contribution in [0.25, 0.3) is 0 Å². The topological polar surface area (TPSA) is 73.8 Å². The summed E-state index contributed by atoms with van der Waals surface area (Å²) in [5, 5.41) is 6.30. The normalized spacial score (nSPS) is 22.1. The molecule has 22 heavy (non-hydrogen) atoms. The van der Waals surface area contributed by atoms with E-state index in [4.69, 9.17) is 0 Å². The maximum Gasteiger partial charge on any atom is 0.511 e. The highest BCUT2D eigenvalue weighted by atomic mass is 127. The fraction of sp³-hybridized carbons (Fsp3) is 0.909. The molecular formula is C11H20F3IN4O2S. The Kier molecular flexibility index (Phi) is 6.74. The van der Waals surface area contributed by atoms with Gasteiger partial charge >= 0.3 is 15.5 Å². The maximum atomic E-state index is 12.5. The highest BCUT2D eigenvalue weighted by Crippen LogP contribution is 2.29. The third-order valence-electron chi connectivity index (χ3n) is 3.57. The molecule has 1 heterocycles. The van der Waals surface area contributed by atoms with Crippen LogP contribution in [0.2, 0.25) is 0 Å². The number of piperidine rings is 1. The van der Waals surface area contributed by atoms with E-state index in [2.05, 4.69) is 15.6 Å². The molecule has 0 aromatic carbocycles. The van der Waals surface area contributed by atoms with Crippen LogP contribution in [0.1, 0.15) is 25.7 Å². The highest BCUT2D eigenvalue weighted by molar-refractivity contribution is 14.0. The Labute approximate surface area is 145 Å². The summed E-state index contributed by atoms with van der Waals surface area (Å²) in [6.45, 7) is -0.278. The molecule has 0 unspecified atom stereocenters. The summed E-state index contributed by atoms with van der Waals surface area (Å²) in [5.74, 6) is 0.620. The molecule has 0 bridgehead atoms. The summed E-state index contributed by atoms with van der Waals surface area (Å²) < 4.78 is 60.5. The highest BCUT2D eigenvalue weighted by Gasteiger charge is 2.50. The Bertz CT molecular complexity index is 500. The first kappa shape index (κ1) is 19.7. The van der Waals surface area contributed by atoms with Crippen molar-refractivity contribution < 1.29 is 21.6 Å². The van der Waals surface area contributed by atoms with Crippen LogP contribution in [0.4, 0.5) is 13.2 Å². The lowest BCUT2D eigenvalue weighted by atomic mass is 10.1. The Morgan fingerprint density at radius 1 is 1.09 bits per heavy atom. The van der Waals surface area contributed by atoms with Crippen LogP contribution in [0.5, 0.6) is 0 Å². The van der Waals surface area contributed by atoms with Gasteiger partial charge in [-0.15, -0.1) is 24.0 Å². The van der Waals surface area contributed by atoms with E-state index in [1.54, 1.807) is 7.05 Å². The molecule has 2 aliphatic rings. The van der Waals surface area contributed by atoms with E-state index >= 15 is 0 Å². The van der Waals surface area contributed by atoms with Crippen molar-refractivity contribution in [3.8, 4) is 0 Å². The van der Waals surface area contributed by atoms with Crippen molar-refractivity contribution in [2.75, 3.05) is 20.1 Å². The molecule has 0 aromatic heterocycles. The molecule has 1 saturated heterocycles. The van der Waals surface area contributed by atoms with E-state index in [9.17, 15) is 21.6 Å². The predicted molar refractivity (Wildman–Crippen MR) is 87.6 cm³/mol. The van der Waals surface area contributed by atoms with Crippen molar-refractivity contribution in [2.45, 2.75) is 43.3 Å². The van der Waals surface area contributed by atoms with E-state index < -0.39 is 15.5 Å². The lowest BCUT2D eigenvalue weighted by Crippen LogP contribution is -2.51. The van der Waals surface area contributed by atoms with Gasteiger partial charge in [0.25, 0.3) is 0 Å². The molecule has 1 saturated carbocycles.